The topological polar surface area (TPSA) is 122 Å². The summed E-state index contributed by atoms with van der Waals surface area (Å²) in [6, 6.07) is 8.23. The van der Waals surface area contributed by atoms with Gasteiger partial charge in [-0.2, -0.15) is 4.98 Å². The van der Waals surface area contributed by atoms with Crippen LogP contribution in [0.15, 0.2) is 30.5 Å². The second kappa shape index (κ2) is 12.1. The molecular formula is C28H39N7O3. The largest absolute Gasteiger partial charge is 0.497 e. The van der Waals surface area contributed by atoms with Crippen LogP contribution in [0.5, 0.6) is 11.5 Å². The molecule has 1 atom stereocenters. The van der Waals surface area contributed by atoms with Crippen molar-refractivity contribution in [3.63, 3.8) is 0 Å². The van der Waals surface area contributed by atoms with Crippen LogP contribution in [0.3, 0.4) is 0 Å². The minimum Gasteiger partial charge on any atom is -0.497 e. The van der Waals surface area contributed by atoms with Gasteiger partial charge in [0.15, 0.2) is 5.82 Å². The number of hydrogen-bond donors (Lipinski definition) is 4. The number of carbonyl (C=O) groups is 1. The van der Waals surface area contributed by atoms with Gasteiger partial charge in [-0.05, 0) is 44.4 Å². The van der Waals surface area contributed by atoms with Crippen LogP contribution >= 0.6 is 0 Å². The van der Waals surface area contributed by atoms with Crippen LogP contribution in [-0.2, 0) is 11.3 Å². The molecule has 0 unspecified atom stereocenters. The quantitative estimate of drug-likeness (QED) is 0.238. The van der Waals surface area contributed by atoms with E-state index in [9.17, 15) is 4.79 Å². The van der Waals surface area contributed by atoms with E-state index in [1.54, 1.807) is 14.2 Å². The van der Waals surface area contributed by atoms with Crippen molar-refractivity contribution in [2.45, 2.75) is 71.0 Å². The molecule has 0 radical (unpaired) electrons. The van der Waals surface area contributed by atoms with Crippen molar-refractivity contribution in [3.8, 4) is 11.5 Å². The molecule has 1 saturated carbocycles. The van der Waals surface area contributed by atoms with E-state index in [1.807, 2.05) is 30.5 Å². The number of methoxy groups -OCH3 is 2. The molecule has 1 amide bonds. The lowest BCUT2D eigenvalue weighted by atomic mass is 9.94. The summed E-state index contributed by atoms with van der Waals surface area (Å²) in [5.74, 6) is 2.48. The number of rotatable bonds is 14. The molecule has 204 valence electrons. The van der Waals surface area contributed by atoms with Crippen LogP contribution in [0.1, 0.15) is 58.4 Å². The normalized spacial score (nSPS) is 14.4. The maximum atomic E-state index is 11.7. The fraction of sp³-hybridized carbons (Fsp3) is 0.500. The molecule has 2 aromatic heterocycles. The number of benzene rings is 1. The van der Waals surface area contributed by atoms with E-state index in [2.05, 4.69) is 35.1 Å². The Bertz CT molecular complexity index is 1260. The predicted octanol–water partition coefficient (Wildman–Crippen LogP) is 4.73. The molecule has 2 heterocycles. The average Bonchev–Trinajstić information content (AvgIpc) is 3.73. The van der Waals surface area contributed by atoms with E-state index in [-0.39, 0.29) is 5.91 Å². The fourth-order valence-corrected chi connectivity index (χ4v) is 4.27. The number of hydrogen-bond acceptors (Lipinski definition) is 9. The third-order valence-corrected chi connectivity index (χ3v) is 6.65. The SMILES string of the molecule is CCCC[C@](C)(CNC(C)=O)Nc1nc(NCc2ccc(OC)cc2OC)nc2cc(NC3CC3)cnc12. The summed E-state index contributed by atoms with van der Waals surface area (Å²) in [4.78, 5) is 26.1. The van der Waals surface area contributed by atoms with Crippen LogP contribution in [0.25, 0.3) is 11.0 Å². The van der Waals surface area contributed by atoms with Gasteiger partial charge in [0.25, 0.3) is 0 Å². The zero-order valence-corrected chi connectivity index (χ0v) is 23.0. The highest BCUT2D eigenvalue weighted by atomic mass is 16.5. The van der Waals surface area contributed by atoms with Gasteiger partial charge in [0, 0.05) is 37.7 Å². The Morgan fingerprint density at radius 2 is 1.97 bits per heavy atom. The highest BCUT2D eigenvalue weighted by Crippen LogP contribution is 2.30. The monoisotopic (exact) mass is 521 g/mol. The van der Waals surface area contributed by atoms with Gasteiger partial charge in [-0.3, -0.25) is 4.79 Å². The number of aromatic nitrogens is 3. The molecule has 4 rings (SSSR count). The maximum Gasteiger partial charge on any atom is 0.225 e. The Morgan fingerprint density at radius 1 is 1.16 bits per heavy atom. The number of anilines is 3. The van der Waals surface area contributed by atoms with Gasteiger partial charge in [0.1, 0.15) is 17.0 Å². The Hall–Kier alpha value is -3.82. The molecule has 0 aliphatic heterocycles. The molecule has 3 aromatic rings. The number of fused-ring (bicyclic) bond motifs is 1. The van der Waals surface area contributed by atoms with Gasteiger partial charge in [-0.15, -0.1) is 0 Å². The number of nitrogens with one attached hydrogen (secondary N) is 4. The molecule has 10 nitrogen and oxygen atoms in total. The van der Waals surface area contributed by atoms with Crippen molar-refractivity contribution < 1.29 is 14.3 Å². The number of amides is 1. The van der Waals surface area contributed by atoms with Crippen LogP contribution in [-0.4, -0.2) is 53.2 Å². The van der Waals surface area contributed by atoms with Gasteiger partial charge in [-0.25, -0.2) is 9.97 Å². The summed E-state index contributed by atoms with van der Waals surface area (Å²) in [5, 5.41) is 13.4. The molecular weight excluding hydrogens is 482 g/mol. The van der Waals surface area contributed by atoms with Gasteiger partial charge in [0.2, 0.25) is 11.9 Å². The summed E-state index contributed by atoms with van der Waals surface area (Å²) in [5.41, 5.74) is 2.90. The molecule has 38 heavy (non-hydrogen) atoms. The van der Waals surface area contributed by atoms with Crippen molar-refractivity contribution in [1.82, 2.24) is 20.3 Å². The molecule has 1 aliphatic carbocycles. The third-order valence-electron chi connectivity index (χ3n) is 6.65. The van der Waals surface area contributed by atoms with Crippen LogP contribution in [0.2, 0.25) is 0 Å². The number of unbranched alkanes of at least 4 members (excludes halogenated alkanes) is 1. The van der Waals surface area contributed by atoms with E-state index in [0.29, 0.717) is 36.4 Å². The second-order valence-corrected chi connectivity index (χ2v) is 10.1. The lowest BCUT2D eigenvalue weighted by Gasteiger charge is -2.32. The second-order valence-electron chi connectivity index (χ2n) is 10.1. The molecule has 0 spiro atoms. The third kappa shape index (κ3) is 7.14. The predicted molar refractivity (Wildman–Crippen MR) is 151 cm³/mol. The van der Waals surface area contributed by atoms with E-state index in [0.717, 1.165) is 47.5 Å². The summed E-state index contributed by atoms with van der Waals surface area (Å²) in [6.45, 7) is 6.73. The Morgan fingerprint density at radius 3 is 2.66 bits per heavy atom. The van der Waals surface area contributed by atoms with Crippen molar-refractivity contribution >= 4 is 34.4 Å². The smallest absolute Gasteiger partial charge is 0.225 e. The van der Waals surface area contributed by atoms with Crippen molar-refractivity contribution in [2.24, 2.45) is 0 Å². The fourth-order valence-electron chi connectivity index (χ4n) is 4.27. The first-order chi connectivity index (χ1) is 18.3. The van der Waals surface area contributed by atoms with E-state index < -0.39 is 5.54 Å². The molecule has 1 fully saturated rings. The summed E-state index contributed by atoms with van der Waals surface area (Å²) < 4.78 is 10.9. The zero-order valence-electron chi connectivity index (χ0n) is 23.0. The highest BCUT2D eigenvalue weighted by Gasteiger charge is 2.27. The number of pyridine rings is 1. The Kier molecular flexibility index (Phi) is 8.70. The number of carbonyl (C=O) groups excluding carboxylic acids is 1. The number of nitrogens with zero attached hydrogens (tertiary/aromatic N) is 3. The zero-order chi connectivity index (χ0) is 27.1. The maximum absolute atomic E-state index is 11.7. The Balaban J connectivity index is 1.66. The van der Waals surface area contributed by atoms with Gasteiger partial charge in [0.05, 0.1) is 37.2 Å². The summed E-state index contributed by atoms with van der Waals surface area (Å²) in [6.07, 6.45) is 7.10. The van der Waals surface area contributed by atoms with Crippen LogP contribution in [0.4, 0.5) is 17.5 Å². The first-order valence-electron chi connectivity index (χ1n) is 13.2. The first-order valence-corrected chi connectivity index (χ1v) is 13.2. The molecule has 0 saturated heterocycles. The average molecular weight is 522 g/mol. The van der Waals surface area contributed by atoms with Crippen LogP contribution < -0.4 is 30.7 Å². The molecule has 1 aliphatic rings. The number of ether oxygens (including phenoxy) is 2. The summed E-state index contributed by atoms with van der Waals surface area (Å²) >= 11 is 0. The minimum absolute atomic E-state index is 0.0632. The first kappa shape index (κ1) is 27.2. The van der Waals surface area contributed by atoms with Crippen LogP contribution in [0, 0.1) is 0 Å². The molecule has 0 bridgehead atoms. The lowest BCUT2D eigenvalue weighted by molar-refractivity contribution is -0.119. The van der Waals surface area contributed by atoms with Gasteiger partial charge in [-0.1, -0.05) is 19.8 Å². The van der Waals surface area contributed by atoms with Crippen molar-refractivity contribution in [2.75, 3.05) is 36.7 Å². The summed E-state index contributed by atoms with van der Waals surface area (Å²) in [7, 11) is 3.27. The molecule has 10 heteroatoms. The molecule has 4 N–H and O–H groups in total. The highest BCUT2D eigenvalue weighted by molar-refractivity contribution is 5.88. The Labute approximate surface area is 224 Å². The van der Waals surface area contributed by atoms with E-state index >= 15 is 0 Å². The standard InChI is InChI=1S/C28H39N7O3/c1-6-7-12-28(3,17-31-18(2)36)35-26-25-23(13-21(16-29-25)32-20-9-10-20)33-27(34-26)30-15-19-8-11-22(37-4)14-24(19)38-5/h8,11,13-14,16,20,32H,6-7,9-10,12,15,17H2,1-5H3,(H,31,36)(H2,30,33,34,35)/t28-/m1/s1. The van der Waals surface area contributed by atoms with Crippen molar-refractivity contribution in [1.29, 1.82) is 0 Å². The van der Waals surface area contributed by atoms with Gasteiger partial charge >= 0.3 is 0 Å². The molecule has 1 aromatic carbocycles. The lowest BCUT2D eigenvalue weighted by Crippen LogP contribution is -2.46. The van der Waals surface area contributed by atoms with E-state index in [4.69, 9.17) is 24.4 Å². The van der Waals surface area contributed by atoms with E-state index in [1.165, 1.54) is 19.8 Å². The van der Waals surface area contributed by atoms with Gasteiger partial charge < -0.3 is 30.7 Å². The van der Waals surface area contributed by atoms with Crippen molar-refractivity contribution in [3.05, 3.63) is 36.0 Å². The minimum atomic E-state index is -0.411.